The average Bonchev–Trinajstić information content (AvgIpc) is 3.01. The number of amides is 1. The molecule has 3 aromatic rings. The Morgan fingerprint density at radius 1 is 1.15 bits per heavy atom. The third-order valence-electron chi connectivity index (χ3n) is 4.36. The molecule has 1 N–H and O–H groups in total. The summed E-state index contributed by atoms with van der Waals surface area (Å²) < 4.78 is 15.0. The predicted molar refractivity (Wildman–Crippen MR) is 99.6 cm³/mol. The first-order valence-electron chi connectivity index (χ1n) is 8.72. The van der Waals surface area contributed by atoms with Crippen molar-refractivity contribution in [1.29, 1.82) is 0 Å². The maximum Gasteiger partial charge on any atom is 0.294 e. The molecular formula is C21H21FN2O2. The molecule has 0 radical (unpaired) electrons. The molecule has 0 saturated carbocycles. The van der Waals surface area contributed by atoms with E-state index in [0.717, 1.165) is 18.4 Å². The van der Waals surface area contributed by atoms with E-state index in [9.17, 15) is 14.0 Å². The Hall–Kier alpha value is -2.95. The van der Waals surface area contributed by atoms with Gasteiger partial charge in [-0.15, -0.1) is 0 Å². The summed E-state index contributed by atoms with van der Waals surface area (Å²) >= 11 is 0. The lowest BCUT2D eigenvalue weighted by Gasteiger charge is -2.13. The number of hydrogen-bond acceptors (Lipinski definition) is 2. The number of Topliss-reactive ketones (excluding diaryl/α,β-unsaturated/α-hetero) is 1. The van der Waals surface area contributed by atoms with Crippen molar-refractivity contribution in [3.05, 3.63) is 66.2 Å². The second-order valence-corrected chi connectivity index (χ2v) is 6.40. The number of pyridine rings is 1. The van der Waals surface area contributed by atoms with E-state index in [1.807, 2.05) is 32.0 Å². The van der Waals surface area contributed by atoms with Crippen LogP contribution >= 0.6 is 0 Å². The maximum absolute atomic E-state index is 13.3. The van der Waals surface area contributed by atoms with Crippen molar-refractivity contribution in [2.45, 2.75) is 32.7 Å². The Labute approximate surface area is 151 Å². The third-order valence-corrected chi connectivity index (χ3v) is 4.36. The van der Waals surface area contributed by atoms with Crippen LogP contribution in [0.2, 0.25) is 0 Å². The minimum atomic E-state index is -0.627. The molecule has 0 unspecified atom stereocenters. The molecule has 1 amide bonds. The highest BCUT2D eigenvalue weighted by molar-refractivity contribution is 6.43. The van der Waals surface area contributed by atoms with E-state index in [-0.39, 0.29) is 17.6 Å². The molecule has 134 valence electrons. The molecule has 0 aliphatic heterocycles. The molecule has 0 spiro atoms. The van der Waals surface area contributed by atoms with E-state index in [2.05, 4.69) is 5.32 Å². The SMILES string of the molecule is CCC[C@@H](C)NC(=O)C(=O)c1c(-c2ccc(F)cc2)cc2ccccn12. The molecule has 5 heteroatoms. The van der Waals surface area contributed by atoms with Crippen molar-refractivity contribution in [3.8, 4) is 11.1 Å². The number of fused-ring (bicyclic) bond motifs is 1. The van der Waals surface area contributed by atoms with Gasteiger partial charge in [0.1, 0.15) is 11.5 Å². The fourth-order valence-electron chi connectivity index (χ4n) is 3.11. The highest BCUT2D eigenvalue weighted by Crippen LogP contribution is 2.28. The molecule has 0 fully saturated rings. The lowest BCUT2D eigenvalue weighted by Crippen LogP contribution is -2.38. The van der Waals surface area contributed by atoms with Crippen molar-refractivity contribution in [2.75, 3.05) is 0 Å². The van der Waals surface area contributed by atoms with Gasteiger partial charge in [0.05, 0.1) is 0 Å². The minimum absolute atomic E-state index is 0.0723. The molecule has 0 aliphatic carbocycles. The normalized spacial score (nSPS) is 12.1. The van der Waals surface area contributed by atoms with Crippen LogP contribution in [0.3, 0.4) is 0 Å². The van der Waals surface area contributed by atoms with E-state index in [0.29, 0.717) is 11.1 Å². The average molecular weight is 352 g/mol. The second kappa shape index (κ2) is 7.52. The molecule has 1 aromatic carbocycles. The monoisotopic (exact) mass is 352 g/mol. The van der Waals surface area contributed by atoms with Gasteiger partial charge < -0.3 is 9.72 Å². The van der Waals surface area contributed by atoms with Crippen molar-refractivity contribution in [3.63, 3.8) is 0 Å². The van der Waals surface area contributed by atoms with Crippen LogP contribution in [0.5, 0.6) is 0 Å². The van der Waals surface area contributed by atoms with Crippen LogP contribution in [0.25, 0.3) is 16.6 Å². The molecule has 3 rings (SSSR count). The zero-order valence-corrected chi connectivity index (χ0v) is 14.8. The first kappa shape index (κ1) is 17.9. The van der Waals surface area contributed by atoms with Crippen LogP contribution in [0.4, 0.5) is 4.39 Å². The minimum Gasteiger partial charge on any atom is -0.347 e. The Balaban J connectivity index is 2.05. The maximum atomic E-state index is 13.3. The van der Waals surface area contributed by atoms with Gasteiger partial charge >= 0.3 is 0 Å². The second-order valence-electron chi connectivity index (χ2n) is 6.40. The van der Waals surface area contributed by atoms with Gasteiger partial charge in [-0.3, -0.25) is 9.59 Å². The van der Waals surface area contributed by atoms with Gasteiger partial charge in [-0.2, -0.15) is 0 Å². The fraction of sp³-hybridized carbons (Fsp3) is 0.238. The number of ketones is 1. The van der Waals surface area contributed by atoms with E-state index in [1.54, 1.807) is 28.8 Å². The number of nitrogens with one attached hydrogen (secondary N) is 1. The van der Waals surface area contributed by atoms with Crippen LogP contribution < -0.4 is 5.32 Å². The third kappa shape index (κ3) is 3.52. The van der Waals surface area contributed by atoms with Gasteiger partial charge in [0.2, 0.25) is 0 Å². The predicted octanol–water partition coefficient (Wildman–Crippen LogP) is 4.23. The van der Waals surface area contributed by atoms with Crippen molar-refractivity contribution < 1.29 is 14.0 Å². The summed E-state index contributed by atoms with van der Waals surface area (Å²) in [6, 6.07) is 13.2. The summed E-state index contributed by atoms with van der Waals surface area (Å²) in [4.78, 5) is 25.4. The quantitative estimate of drug-likeness (QED) is 0.533. The number of rotatable bonds is 6. The lowest BCUT2D eigenvalue weighted by molar-refractivity contribution is -0.117. The highest BCUT2D eigenvalue weighted by atomic mass is 19.1. The van der Waals surface area contributed by atoms with Crippen LogP contribution in [0.15, 0.2) is 54.7 Å². The molecule has 2 heterocycles. The number of carbonyl (C=O) groups is 2. The largest absolute Gasteiger partial charge is 0.347 e. The fourth-order valence-corrected chi connectivity index (χ4v) is 3.11. The summed E-state index contributed by atoms with van der Waals surface area (Å²) in [5.41, 5.74) is 2.38. The van der Waals surface area contributed by atoms with Gasteiger partial charge in [-0.1, -0.05) is 31.5 Å². The van der Waals surface area contributed by atoms with Crippen LogP contribution in [-0.2, 0) is 4.79 Å². The number of aromatic nitrogens is 1. The summed E-state index contributed by atoms with van der Waals surface area (Å²) in [7, 11) is 0. The number of nitrogens with zero attached hydrogens (tertiary/aromatic N) is 1. The summed E-state index contributed by atoms with van der Waals surface area (Å²) in [5, 5.41) is 2.76. The van der Waals surface area contributed by atoms with E-state index in [4.69, 9.17) is 0 Å². The zero-order chi connectivity index (χ0) is 18.7. The smallest absolute Gasteiger partial charge is 0.294 e. The molecule has 0 bridgehead atoms. The number of benzene rings is 1. The molecule has 0 saturated heterocycles. The summed E-state index contributed by atoms with van der Waals surface area (Å²) in [6.45, 7) is 3.91. The van der Waals surface area contributed by atoms with Crippen LogP contribution in [0.1, 0.15) is 37.2 Å². The standard InChI is InChI=1S/C21H21FN2O2/c1-3-6-14(2)23-21(26)20(25)19-18(15-8-10-16(22)11-9-15)13-17-7-4-5-12-24(17)19/h4-5,7-14H,3,6H2,1-2H3,(H,23,26)/t14-/m1/s1. The van der Waals surface area contributed by atoms with Gasteiger partial charge in [0.15, 0.2) is 0 Å². The van der Waals surface area contributed by atoms with Gasteiger partial charge in [0, 0.05) is 23.3 Å². The Kier molecular flexibility index (Phi) is 5.16. The molecule has 26 heavy (non-hydrogen) atoms. The Morgan fingerprint density at radius 3 is 2.58 bits per heavy atom. The lowest BCUT2D eigenvalue weighted by atomic mass is 10.0. The number of carbonyl (C=O) groups excluding carboxylic acids is 2. The molecule has 1 atom stereocenters. The van der Waals surface area contributed by atoms with Crippen molar-refractivity contribution in [2.24, 2.45) is 0 Å². The highest BCUT2D eigenvalue weighted by Gasteiger charge is 2.25. The summed E-state index contributed by atoms with van der Waals surface area (Å²) in [5.74, 6) is -1.58. The van der Waals surface area contributed by atoms with E-state index >= 15 is 0 Å². The molecule has 4 nitrogen and oxygen atoms in total. The molecule has 0 aliphatic rings. The van der Waals surface area contributed by atoms with Gasteiger partial charge in [-0.25, -0.2) is 4.39 Å². The zero-order valence-electron chi connectivity index (χ0n) is 14.8. The molecule has 2 aromatic heterocycles. The topological polar surface area (TPSA) is 50.6 Å². The van der Waals surface area contributed by atoms with Crippen molar-refractivity contribution in [1.82, 2.24) is 9.72 Å². The first-order chi connectivity index (χ1) is 12.5. The number of halogens is 1. The van der Waals surface area contributed by atoms with Crippen molar-refractivity contribution >= 4 is 17.2 Å². The van der Waals surface area contributed by atoms with Gasteiger partial charge in [-0.05, 0) is 49.2 Å². The number of hydrogen-bond donors (Lipinski definition) is 1. The Bertz CT molecular complexity index is 944. The van der Waals surface area contributed by atoms with E-state index < -0.39 is 11.7 Å². The van der Waals surface area contributed by atoms with E-state index in [1.165, 1.54) is 12.1 Å². The van der Waals surface area contributed by atoms with Gasteiger partial charge in [0.25, 0.3) is 11.7 Å². The first-order valence-corrected chi connectivity index (χ1v) is 8.72. The summed E-state index contributed by atoms with van der Waals surface area (Å²) in [6.07, 6.45) is 3.47. The Morgan fingerprint density at radius 2 is 1.88 bits per heavy atom. The molecular weight excluding hydrogens is 331 g/mol. The van der Waals surface area contributed by atoms with Crippen LogP contribution in [0, 0.1) is 5.82 Å². The van der Waals surface area contributed by atoms with Crippen LogP contribution in [-0.4, -0.2) is 22.1 Å².